The van der Waals surface area contributed by atoms with Crippen molar-refractivity contribution in [1.29, 1.82) is 0 Å². The Morgan fingerprint density at radius 3 is 2.95 bits per heavy atom. The minimum atomic E-state index is 0.456. The molecule has 3 aromatic rings. The van der Waals surface area contributed by atoms with E-state index in [1.807, 2.05) is 16.8 Å². The van der Waals surface area contributed by atoms with Gasteiger partial charge in [-0.1, -0.05) is 0 Å². The van der Waals surface area contributed by atoms with Crippen molar-refractivity contribution in [3.05, 3.63) is 24.5 Å². The molecule has 0 radical (unpaired) electrons. The molecule has 3 aromatic heterocycles. The van der Waals surface area contributed by atoms with Gasteiger partial charge in [-0.15, -0.1) is 5.10 Å². The number of fused-ring (bicyclic) bond motifs is 1. The zero-order chi connectivity index (χ0) is 12.7. The van der Waals surface area contributed by atoms with E-state index in [1.165, 1.54) is 11.8 Å². The number of tetrazole rings is 1. The first-order valence-corrected chi connectivity index (χ1v) is 6.75. The lowest BCUT2D eigenvalue weighted by atomic mass is 10.4. The first-order chi connectivity index (χ1) is 9.40. The average molecular weight is 271 g/mol. The molecule has 1 aliphatic carbocycles. The molecule has 1 aliphatic rings. The topological polar surface area (TPSA) is 82.3 Å². The SMILES string of the molecule is c1cnc2nc(Sc3nnnn3C3CC3)ccc2n1. The molecule has 1 fully saturated rings. The van der Waals surface area contributed by atoms with Crippen LogP contribution in [0.3, 0.4) is 0 Å². The lowest BCUT2D eigenvalue weighted by molar-refractivity contribution is 0.565. The molecule has 0 aromatic carbocycles. The van der Waals surface area contributed by atoms with Gasteiger partial charge in [0.2, 0.25) is 5.16 Å². The molecule has 7 nitrogen and oxygen atoms in total. The van der Waals surface area contributed by atoms with E-state index in [0.29, 0.717) is 11.7 Å². The summed E-state index contributed by atoms with van der Waals surface area (Å²) in [6.45, 7) is 0. The summed E-state index contributed by atoms with van der Waals surface area (Å²) in [7, 11) is 0. The number of rotatable bonds is 3. The normalized spacial score (nSPS) is 14.9. The Balaban J connectivity index is 1.68. The highest BCUT2D eigenvalue weighted by Gasteiger charge is 2.28. The summed E-state index contributed by atoms with van der Waals surface area (Å²) in [6, 6.07) is 4.27. The van der Waals surface area contributed by atoms with E-state index in [2.05, 4.69) is 30.5 Å². The zero-order valence-corrected chi connectivity index (χ0v) is 10.7. The second kappa shape index (κ2) is 4.23. The summed E-state index contributed by atoms with van der Waals surface area (Å²) < 4.78 is 1.87. The van der Waals surface area contributed by atoms with Crippen LogP contribution in [0.4, 0.5) is 0 Å². The third kappa shape index (κ3) is 2.03. The molecule has 0 spiro atoms. The maximum Gasteiger partial charge on any atom is 0.215 e. The van der Waals surface area contributed by atoms with Crippen LogP contribution in [-0.2, 0) is 0 Å². The first kappa shape index (κ1) is 10.8. The molecule has 0 atom stereocenters. The van der Waals surface area contributed by atoms with Crippen LogP contribution in [0.25, 0.3) is 11.2 Å². The van der Waals surface area contributed by atoms with Crippen molar-refractivity contribution in [2.24, 2.45) is 0 Å². The fourth-order valence-electron chi connectivity index (χ4n) is 1.79. The smallest absolute Gasteiger partial charge is 0.215 e. The van der Waals surface area contributed by atoms with E-state index < -0.39 is 0 Å². The molecule has 0 saturated heterocycles. The highest BCUT2D eigenvalue weighted by atomic mass is 32.2. The van der Waals surface area contributed by atoms with E-state index in [9.17, 15) is 0 Å². The number of pyridine rings is 1. The quantitative estimate of drug-likeness (QED) is 0.713. The summed E-state index contributed by atoms with van der Waals surface area (Å²) in [5.41, 5.74) is 1.42. The van der Waals surface area contributed by atoms with Gasteiger partial charge in [0.05, 0.1) is 6.04 Å². The standard InChI is InChI=1S/C11H9N7S/c1-2-7(1)18-11(15-16-17-18)19-9-4-3-8-10(14-9)13-6-5-12-8/h3-7H,1-2H2. The third-order valence-corrected chi connectivity index (χ3v) is 3.75. The second-order valence-electron chi connectivity index (χ2n) is 4.29. The third-order valence-electron chi connectivity index (χ3n) is 2.86. The lowest BCUT2D eigenvalue weighted by Crippen LogP contribution is -1.99. The van der Waals surface area contributed by atoms with Gasteiger partial charge >= 0.3 is 0 Å². The fourth-order valence-corrected chi connectivity index (χ4v) is 2.60. The van der Waals surface area contributed by atoms with Crippen molar-refractivity contribution in [2.75, 3.05) is 0 Å². The van der Waals surface area contributed by atoms with E-state index >= 15 is 0 Å². The van der Waals surface area contributed by atoms with Crippen LogP contribution >= 0.6 is 11.8 Å². The Hall–Kier alpha value is -2.09. The van der Waals surface area contributed by atoms with Gasteiger partial charge in [-0.2, -0.15) is 0 Å². The predicted molar refractivity (Wildman–Crippen MR) is 67.5 cm³/mol. The summed E-state index contributed by atoms with van der Waals surface area (Å²) >= 11 is 1.45. The Kier molecular flexibility index (Phi) is 2.41. The van der Waals surface area contributed by atoms with Crippen molar-refractivity contribution < 1.29 is 0 Å². The Bertz CT molecular complexity index is 736. The van der Waals surface area contributed by atoms with Crippen molar-refractivity contribution in [2.45, 2.75) is 29.1 Å². The Morgan fingerprint density at radius 2 is 2.05 bits per heavy atom. The number of nitrogens with zero attached hydrogens (tertiary/aromatic N) is 7. The number of hydrogen-bond donors (Lipinski definition) is 0. The van der Waals surface area contributed by atoms with Crippen molar-refractivity contribution in [3.8, 4) is 0 Å². The van der Waals surface area contributed by atoms with E-state index in [0.717, 1.165) is 28.5 Å². The monoisotopic (exact) mass is 271 g/mol. The molecule has 8 heteroatoms. The van der Waals surface area contributed by atoms with Gasteiger partial charge in [0.1, 0.15) is 10.5 Å². The fraction of sp³-hybridized carbons (Fsp3) is 0.273. The van der Waals surface area contributed by atoms with Crippen LogP contribution in [0.1, 0.15) is 18.9 Å². The molecule has 0 bridgehead atoms. The molecule has 4 rings (SSSR count). The van der Waals surface area contributed by atoms with E-state index in [4.69, 9.17) is 0 Å². The Labute approximate surface area is 112 Å². The van der Waals surface area contributed by atoms with Gasteiger partial charge in [0.25, 0.3) is 0 Å². The van der Waals surface area contributed by atoms with Gasteiger partial charge < -0.3 is 0 Å². The highest BCUT2D eigenvalue weighted by molar-refractivity contribution is 7.99. The molecule has 94 valence electrons. The number of hydrogen-bond acceptors (Lipinski definition) is 7. The average Bonchev–Trinajstić information content (AvgIpc) is 3.19. The molecular weight excluding hydrogens is 262 g/mol. The second-order valence-corrected chi connectivity index (χ2v) is 5.28. The summed E-state index contributed by atoms with van der Waals surface area (Å²) in [4.78, 5) is 12.8. The van der Waals surface area contributed by atoms with Gasteiger partial charge in [0.15, 0.2) is 5.65 Å². The zero-order valence-electron chi connectivity index (χ0n) is 9.84. The van der Waals surface area contributed by atoms with Crippen molar-refractivity contribution in [3.63, 3.8) is 0 Å². The van der Waals surface area contributed by atoms with Gasteiger partial charge in [-0.25, -0.2) is 14.6 Å². The molecule has 1 saturated carbocycles. The van der Waals surface area contributed by atoms with E-state index in [-0.39, 0.29) is 0 Å². The van der Waals surface area contributed by atoms with Gasteiger partial charge in [-0.3, -0.25) is 4.98 Å². The number of aromatic nitrogens is 7. The lowest BCUT2D eigenvalue weighted by Gasteiger charge is -2.02. The van der Waals surface area contributed by atoms with Gasteiger partial charge in [-0.05, 0) is 47.2 Å². The van der Waals surface area contributed by atoms with Crippen LogP contribution in [-0.4, -0.2) is 35.2 Å². The Morgan fingerprint density at radius 1 is 1.16 bits per heavy atom. The molecule has 3 heterocycles. The molecule has 19 heavy (non-hydrogen) atoms. The van der Waals surface area contributed by atoms with Crippen LogP contribution in [0.2, 0.25) is 0 Å². The predicted octanol–water partition coefficient (Wildman–Crippen LogP) is 1.50. The molecule has 0 aliphatic heterocycles. The van der Waals surface area contributed by atoms with Crippen molar-refractivity contribution in [1.82, 2.24) is 35.2 Å². The van der Waals surface area contributed by atoms with Crippen molar-refractivity contribution >= 4 is 22.9 Å². The summed E-state index contributed by atoms with van der Waals surface area (Å²) in [5, 5.41) is 13.4. The minimum Gasteiger partial charge on any atom is -0.251 e. The molecule has 0 unspecified atom stereocenters. The van der Waals surface area contributed by atoms with Crippen LogP contribution in [0.5, 0.6) is 0 Å². The molecule has 0 amide bonds. The van der Waals surface area contributed by atoms with E-state index in [1.54, 1.807) is 12.4 Å². The molecular formula is C11H9N7S. The summed E-state index contributed by atoms with van der Waals surface area (Å²) in [5.74, 6) is 0. The first-order valence-electron chi connectivity index (χ1n) is 5.93. The van der Waals surface area contributed by atoms with Crippen LogP contribution in [0, 0.1) is 0 Å². The summed E-state index contributed by atoms with van der Waals surface area (Å²) in [6.07, 6.45) is 5.59. The largest absolute Gasteiger partial charge is 0.251 e. The maximum atomic E-state index is 4.45. The molecule has 0 N–H and O–H groups in total. The maximum absolute atomic E-state index is 4.45. The van der Waals surface area contributed by atoms with Crippen LogP contribution in [0.15, 0.2) is 34.7 Å². The van der Waals surface area contributed by atoms with Gasteiger partial charge in [0, 0.05) is 12.4 Å². The van der Waals surface area contributed by atoms with Crippen LogP contribution < -0.4 is 0 Å². The highest BCUT2D eigenvalue weighted by Crippen LogP contribution is 2.37. The minimum absolute atomic E-state index is 0.456.